The van der Waals surface area contributed by atoms with E-state index in [1.54, 1.807) is 36.4 Å². The van der Waals surface area contributed by atoms with Crippen LogP contribution < -0.4 is 10.1 Å². The Morgan fingerprint density at radius 2 is 1.55 bits per heavy atom. The van der Waals surface area contributed by atoms with E-state index in [0.717, 1.165) is 6.42 Å². The minimum atomic E-state index is -0.973. The second-order valence-corrected chi connectivity index (χ2v) is 4.75. The number of carbonyl (C=O) groups is 2. The predicted molar refractivity (Wildman–Crippen MR) is 83.5 cm³/mol. The van der Waals surface area contributed by atoms with Gasteiger partial charge in [-0.2, -0.15) is 0 Å². The van der Waals surface area contributed by atoms with E-state index in [2.05, 4.69) is 5.32 Å². The highest BCUT2D eigenvalue weighted by Crippen LogP contribution is 2.23. The van der Waals surface area contributed by atoms with E-state index in [0.29, 0.717) is 23.6 Å². The Labute approximate surface area is 128 Å². The van der Waals surface area contributed by atoms with Crippen molar-refractivity contribution in [2.75, 3.05) is 5.32 Å². The summed E-state index contributed by atoms with van der Waals surface area (Å²) in [6.07, 6.45) is 1.30. The lowest BCUT2D eigenvalue weighted by atomic mass is 10.2. The molecule has 0 aliphatic carbocycles. The molecule has 0 fully saturated rings. The molecule has 0 aromatic heterocycles. The van der Waals surface area contributed by atoms with Gasteiger partial charge in [-0.25, -0.2) is 4.79 Å². The van der Waals surface area contributed by atoms with Crippen LogP contribution in [0.2, 0.25) is 0 Å². The zero-order valence-corrected chi connectivity index (χ0v) is 12.2. The highest BCUT2D eigenvalue weighted by molar-refractivity contribution is 5.90. The molecule has 5 heteroatoms. The fourth-order valence-corrected chi connectivity index (χ4v) is 1.86. The van der Waals surface area contributed by atoms with Gasteiger partial charge in [0.05, 0.1) is 5.56 Å². The Hall–Kier alpha value is -2.82. The summed E-state index contributed by atoms with van der Waals surface area (Å²) in [6, 6.07) is 13.2. The first-order chi connectivity index (χ1) is 10.6. The summed E-state index contributed by atoms with van der Waals surface area (Å²) < 4.78 is 5.61. The molecule has 0 bridgehead atoms. The average molecular weight is 299 g/mol. The third-order valence-electron chi connectivity index (χ3n) is 2.95. The summed E-state index contributed by atoms with van der Waals surface area (Å²) in [5.74, 6) is 0.170. The SMILES string of the molecule is CCCC(=O)Nc1ccc(Oc2ccc(C(=O)O)cc2)cc1. The first-order valence-corrected chi connectivity index (χ1v) is 6.99. The predicted octanol–water partition coefficient (Wildman–Crippen LogP) is 3.92. The lowest BCUT2D eigenvalue weighted by molar-refractivity contribution is -0.116. The van der Waals surface area contributed by atoms with E-state index < -0.39 is 5.97 Å². The molecule has 0 radical (unpaired) electrons. The van der Waals surface area contributed by atoms with E-state index in [1.165, 1.54) is 12.1 Å². The number of carboxylic acids is 1. The molecule has 0 atom stereocenters. The number of aromatic carboxylic acids is 1. The molecule has 2 N–H and O–H groups in total. The van der Waals surface area contributed by atoms with Crippen molar-refractivity contribution < 1.29 is 19.4 Å². The molecular formula is C17H17NO4. The van der Waals surface area contributed by atoms with E-state index in [4.69, 9.17) is 9.84 Å². The Bertz CT molecular complexity index is 647. The second-order valence-electron chi connectivity index (χ2n) is 4.75. The van der Waals surface area contributed by atoms with Crippen molar-refractivity contribution in [1.82, 2.24) is 0 Å². The Balaban J connectivity index is 1.98. The van der Waals surface area contributed by atoms with Gasteiger partial charge in [0.15, 0.2) is 0 Å². The van der Waals surface area contributed by atoms with Crippen LogP contribution in [0.3, 0.4) is 0 Å². The van der Waals surface area contributed by atoms with Crippen molar-refractivity contribution in [3.05, 3.63) is 54.1 Å². The fourth-order valence-electron chi connectivity index (χ4n) is 1.86. The average Bonchev–Trinajstić information content (AvgIpc) is 2.50. The first kappa shape index (κ1) is 15.6. The van der Waals surface area contributed by atoms with Gasteiger partial charge in [-0.15, -0.1) is 0 Å². The number of nitrogens with one attached hydrogen (secondary N) is 1. The molecule has 0 saturated heterocycles. The van der Waals surface area contributed by atoms with Crippen LogP contribution >= 0.6 is 0 Å². The second kappa shape index (κ2) is 7.26. The molecule has 0 aliphatic heterocycles. The van der Waals surface area contributed by atoms with E-state index in [1.807, 2.05) is 6.92 Å². The maximum atomic E-state index is 11.5. The van der Waals surface area contributed by atoms with Crippen LogP contribution in [-0.4, -0.2) is 17.0 Å². The number of benzene rings is 2. The Kier molecular flexibility index (Phi) is 5.14. The summed E-state index contributed by atoms with van der Waals surface area (Å²) in [5, 5.41) is 11.6. The molecule has 0 heterocycles. The van der Waals surface area contributed by atoms with Crippen LogP contribution in [0.1, 0.15) is 30.1 Å². The molecule has 2 aromatic rings. The van der Waals surface area contributed by atoms with Crippen molar-refractivity contribution in [3.8, 4) is 11.5 Å². The molecule has 2 aromatic carbocycles. The fraction of sp³-hybridized carbons (Fsp3) is 0.176. The van der Waals surface area contributed by atoms with Crippen LogP contribution in [0.25, 0.3) is 0 Å². The molecule has 0 spiro atoms. The first-order valence-electron chi connectivity index (χ1n) is 6.99. The monoisotopic (exact) mass is 299 g/mol. The topological polar surface area (TPSA) is 75.6 Å². The minimum Gasteiger partial charge on any atom is -0.478 e. The summed E-state index contributed by atoms with van der Waals surface area (Å²) >= 11 is 0. The number of carbonyl (C=O) groups excluding carboxylic acids is 1. The van der Waals surface area contributed by atoms with Crippen molar-refractivity contribution in [2.45, 2.75) is 19.8 Å². The molecule has 0 saturated carbocycles. The van der Waals surface area contributed by atoms with Gasteiger partial charge >= 0.3 is 5.97 Å². The standard InChI is InChI=1S/C17H17NO4/c1-2-3-16(19)18-13-6-10-15(11-7-13)22-14-8-4-12(5-9-14)17(20)21/h4-11H,2-3H2,1H3,(H,18,19)(H,20,21). The molecule has 0 unspecified atom stereocenters. The lowest BCUT2D eigenvalue weighted by Crippen LogP contribution is -2.10. The number of amides is 1. The number of carboxylic acid groups (broad SMARTS) is 1. The van der Waals surface area contributed by atoms with Gasteiger partial charge in [-0.05, 0) is 55.0 Å². The summed E-state index contributed by atoms with van der Waals surface area (Å²) in [5.41, 5.74) is 0.924. The van der Waals surface area contributed by atoms with Crippen LogP contribution in [0.15, 0.2) is 48.5 Å². The third-order valence-corrected chi connectivity index (χ3v) is 2.95. The number of ether oxygens (including phenoxy) is 1. The largest absolute Gasteiger partial charge is 0.478 e. The number of anilines is 1. The minimum absolute atomic E-state index is 0.0135. The van der Waals surface area contributed by atoms with Crippen LogP contribution in [0.4, 0.5) is 5.69 Å². The summed E-state index contributed by atoms with van der Waals surface area (Å²) in [6.45, 7) is 1.95. The van der Waals surface area contributed by atoms with E-state index in [-0.39, 0.29) is 11.5 Å². The maximum Gasteiger partial charge on any atom is 0.335 e. The van der Waals surface area contributed by atoms with Gasteiger partial charge in [-0.1, -0.05) is 6.92 Å². The summed E-state index contributed by atoms with van der Waals surface area (Å²) in [4.78, 5) is 22.3. The van der Waals surface area contributed by atoms with Crippen molar-refractivity contribution >= 4 is 17.6 Å². The van der Waals surface area contributed by atoms with Gasteiger partial charge in [-0.3, -0.25) is 4.79 Å². The normalized spacial score (nSPS) is 10.0. The van der Waals surface area contributed by atoms with Gasteiger partial charge in [0, 0.05) is 12.1 Å². The quantitative estimate of drug-likeness (QED) is 0.847. The highest BCUT2D eigenvalue weighted by Gasteiger charge is 2.04. The van der Waals surface area contributed by atoms with Gasteiger partial charge < -0.3 is 15.2 Å². The summed E-state index contributed by atoms with van der Waals surface area (Å²) in [7, 11) is 0. The molecule has 22 heavy (non-hydrogen) atoms. The zero-order valence-electron chi connectivity index (χ0n) is 12.2. The van der Waals surface area contributed by atoms with Gasteiger partial charge in [0.25, 0.3) is 0 Å². The molecule has 2 rings (SSSR count). The van der Waals surface area contributed by atoms with Gasteiger partial charge in [0.1, 0.15) is 11.5 Å². The Morgan fingerprint density at radius 3 is 2.05 bits per heavy atom. The molecule has 1 amide bonds. The number of rotatable bonds is 6. The molecule has 0 aliphatic rings. The number of hydrogen-bond acceptors (Lipinski definition) is 3. The molecular weight excluding hydrogens is 282 g/mol. The van der Waals surface area contributed by atoms with Crippen LogP contribution in [0.5, 0.6) is 11.5 Å². The smallest absolute Gasteiger partial charge is 0.335 e. The zero-order chi connectivity index (χ0) is 15.9. The molecule has 114 valence electrons. The van der Waals surface area contributed by atoms with E-state index >= 15 is 0 Å². The Morgan fingerprint density at radius 1 is 1.00 bits per heavy atom. The lowest BCUT2D eigenvalue weighted by Gasteiger charge is -2.08. The third kappa shape index (κ3) is 4.34. The van der Waals surface area contributed by atoms with Crippen LogP contribution in [0, 0.1) is 0 Å². The molecule has 5 nitrogen and oxygen atoms in total. The van der Waals surface area contributed by atoms with Crippen LogP contribution in [-0.2, 0) is 4.79 Å². The van der Waals surface area contributed by atoms with E-state index in [9.17, 15) is 9.59 Å². The maximum absolute atomic E-state index is 11.5. The van der Waals surface area contributed by atoms with Gasteiger partial charge in [0.2, 0.25) is 5.91 Å². The number of hydrogen-bond donors (Lipinski definition) is 2. The van der Waals surface area contributed by atoms with Crippen molar-refractivity contribution in [3.63, 3.8) is 0 Å². The highest BCUT2D eigenvalue weighted by atomic mass is 16.5. The van der Waals surface area contributed by atoms with Crippen molar-refractivity contribution in [1.29, 1.82) is 0 Å². The van der Waals surface area contributed by atoms with Crippen molar-refractivity contribution in [2.24, 2.45) is 0 Å².